The van der Waals surface area contributed by atoms with Gasteiger partial charge in [-0.25, -0.2) is 0 Å². The molecule has 98 valence electrons. The molecule has 0 aliphatic rings. The third-order valence-corrected chi connectivity index (χ3v) is 4.53. The normalized spacial score (nSPS) is 10.4. The molecular formula is C15H13BrO2S. The standard InChI is InChI=1S/C15H13BrO2S/c1-10-8-13(6-7-14(10)16)19-12-4-2-11(3-5-12)9-15(17)18/h2-8H,9H2,1H3,(H,17,18). The van der Waals surface area contributed by atoms with Crippen molar-refractivity contribution in [1.82, 2.24) is 0 Å². The zero-order chi connectivity index (χ0) is 13.8. The largest absolute Gasteiger partial charge is 0.481 e. The fraction of sp³-hybridized carbons (Fsp3) is 0.133. The third kappa shape index (κ3) is 4.11. The lowest BCUT2D eigenvalue weighted by molar-refractivity contribution is -0.136. The minimum Gasteiger partial charge on any atom is -0.481 e. The van der Waals surface area contributed by atoms with Gasteiger partial charge < -0.3 is 5.11 Å². The summed E-state index contributed by atoms with van der Waals surface area (Å²) in [7, 11) is 0. The number of benzene rings is 2. The average molecular weight is 337 g/mol. The zero-order valence-electron chi connectivity index (χ0n) is 10.4. The molecule has 0 bridgehead atoms. The summed E-state index contributed by atoms with van der Waals surface area (Å²) in [5.74, 6) is -0.802. The van der Waals surface area contributed by atoms with Crippen LogP contribution in [0.2, 0.25) is 0 Å². The van der Waals surface area contributed by atoms with Gasteiger partial charge in [0.1, 0.15) is 0 Å². The first-order valence-electron chi connectivity index (χ1n) is 5.79. The lowest BCUT2D eigenvalue weighted by atomic mass is 10.2. The molecule has 0 aromatic heterocycles. The van der Waals surface area contributed by atoms with Gasteiger partial charge in [-0.1, -0.05) is 39.8 Å². The first-order valence-corrected chi connectivity index (χ1v) is 7.40. The van der Waals surface area contributed by atoms with Gasteiger partial charge in [0.25, 0.3) is 0 Å². The molecule has 0 heterocycles. The highest BCUT2D eigenvalue weighted by molar-refractivity contribution is 9.10. The van der Waals surface area contributed by atoms with Crippen molar-refractivity contribution in [2.75, 3.05) is 0 Å². The summed E-state index contributed by atoms with van der Waals surface area (Å²) in [5.41, 5.74) is 2.02. The van der Waals surface area contributed by atoms with Crippen LogP contribution in [0.4, 0.5) is 0 Å². The molecule has 0 unspecified atom stereocenters. The second-order valence-corrected chi connectivity index (χ2v) is 6.23. The van der Waals surface area contributed by atoms with Crippen molar-refractivity contribution in [2.45, 2.75) is 23.1 Å². The number of halogens is 1. The van der Waals surface area contributed by atoms with E-state index < -0.39 is 5.97 Å². The molecule has 0 saturated carbocycles. The molecule has 0 fully saturated rings. The number of hydrogen-bond donors (Lipinski definition) is 1. The second kappa shape index (κ2) is 6.26. The van der Waals surface area contributed by atoms with Gasteiger partial charge in [0.2, 0.25) is 0 Å². The van der Waals surface area contributed by atoms with Crippen molar-refractivity contribution in [2.24, 2.45) is 0 Å². The van der Waals surface area contributed by atoms with Crippen LogP contribution in [0, 0.1) is 6.92 Å². The van der Waals surface area contributed by atoms with Gasteiger partial charge in [0.05, 0.1) is 6.42 Å². The number of hydrogen-bond acceptors (Lipinski definition) is 2. The van der Waals surface area contributed by atoms with Gasteiger partial charge in [-0.05, 0) is 48.4 Å². The Labute approximate surface area is 125 Å². The van der Waals surface area contributed by atoms with E-state index in [1.165, 1.54) is 10.5 Å². The van der Waals surface area contributed by atoms with E-state index in [-0.39, 0.29) is 6.42 Å². The highest BCUT2D eigenvalue weighted by Gasteiger charge is 2.03. The molecule has 0 spiro atoms. The number of aliphatic carboxylic acids is 1. The molecule has 0 amide bonds. The van der Waals surface area contributed by atoms with E-state index in [1.807, 2.05) is 30.3 Å². The van der Waals surface area contributed by atoms with E-state index >= 15 is 0 Å². The highest BCUT2D eigenvalue weighted by Crippen LogP contribution is 2.30. The molecule has 0 aliphatic heterocycles. The van der Waals surface area contributed by atoms with E-state index in [0.29, 0.717) is 0 Å². The van der Waals surface area contributed by atoms with Crippen molar-refractivity contribution in [3.05, 3.63) is 58.1 Å². The Bertz CT molecular complexity index is 594. The number of carboxylic acid groups (broad SMARTS) is 1. The van der Waals surface area contributed by atoms with Crippen molar-refractivity contribution in [1.29, 1.82) is 0 Å². The van der Waals surface area contributed by atoms with E-state index in [1.54, 1.807) is 11.8 Å². The Hall–Kier alpha value is -1.26. The zero-order valence-corrected chi connectivity index (χ0v) is 12.8. The van der Waals surface area contributed by atoms with Crippen molar-refractivity contribution >= 4 is 33.7 Å². The topological polar surface area (TPSA) is 37.3 Å². The van der Waals surface area contributed by atoms with Crippen LogP contribution in [0.5, 0.6) is 0 Å². The Kier molecular flexibility index (Phi) is 4.66. The third-order valence-electron chi connectivity index (χ3n) is 2.64. The van der Waals surface area contributed by atoms with Gasteiger partial charge in [0.15, 0.2) is 0 Å². The fourth-order valence-corrected chi connectivity index (χ4v) is 2.83. The van der Waals surface area contributed by atoms with E-state index in [4.69, 9.17) is 5.11 Å². The predicted octanol–water partition coefficient (Wildman–Crippen LogP) is 4.54. The lowest BCUT2D eigenvalue weighted by Gasteiger charge is -2.05. The van der Waals surface area contributed by atoms with Crippen molar-refractivity contribution < 1.29 is 9.90 Å². The van der Waals surface area contributed by atoms with Crippen LogP contribution >= 0.6 is 27.7 Å². The second-order valence-electron chi connectivity index (χ2n) is 4.23. The molecule has 2 aromatic rings. The highest BCUT2D eigenvalue weighted by atomic mass is 79.9. The summed E-state index contributed by atoms with van der Waals surface area (Å²) in [6, 6.07) is 13.9. The van der Waals surface area contributed by atoms with Gasteiger partial charge in [-0.3, -0.25) is 4.79 Å². The Balaban J connectivity index is 2.10. The Morgan fingerprint density at radius 3 is 2.37 bits per heavy atom. The first-order chi connectivity index (χ1) is 9.04. The van der Waals surface area contributed by atoms with Crippen LogP contribution in [-0.4, -0.2) is 11.1 Å². The van der Waals surface area contributed by atoms with Crippen LogP contribution in [-0.2, 0) is 11.2 Å². The summed E-state index contributed by atoms with van der Waals surface area (Å²) in [6.07, 6.45) is 0.0718. The quantitative estimate of drug-likeness (QED) is 0.890. The van der Waals surface area contributed by atoms with Gasteiger partial charge in [-0.2, -0.15) is 0 Å². The summed E-state index contributed by atoms with van der Waals surface area (Å²) in [4.78, 5) is 12.9. The van der Waals surface area contributed by atoms with Crippen LogP contribution in [0.25, 0.3) is 0 Å². The van der Waals surface area contributed by atoms with Crippen LogP contribution in [0.15, 0.2) is 56.7 Å². The summed E-state index contributed by atoms with van der Waals surface area (Å²) >= 11 is 5.15. The van der Waals surface area contributed by atoms with Crippen LogP contribution in [0.3, 0.4) is 0 Å². The molecule has 0 aliphatic carbocycles. The minimum absolute atomic E-state index is 0.0718. The summed E-state index contributed by atoms with van der Waals surface area (Å²) < 4.78 is 1.11. The van der Waals surface area contributed by atoms with E-state index in [9.17, 15) is 4.79 Å². The summed E-state index contributed by atoms with van der Waals surface area (Å²) in [6.45, 7) is 2.06. The maximum atomic E-state index is 10.6. The molecule has 2 aromatic carbocycles. The molecule has 2 nitrogen and oxygen atoms in total. The number of carboxylic acids is 1. The molecule has 0 saturated heterocycles. The van der Waals surface area contributed by atoms with Crippen LogP contribution in [0.1, 0.15) is 11.1 Å². The molecule has 0 atom stereocenters. The molecule has 2 rings (SSSR count). The Morgan fingerprint density at radius 2 is 1.79 bits per heavy atom. The fourth-order valence-electron chi connectivity index (χ4n) is 1.67. The first kappa shape index (κ1) is 14.2. The number of aryl methyl sites for hydroxylation is 1. The van der Waals surface area contributed by atoms with E-state index in [2.05, 4.69) is 35.0 Å². The monoisotopic (exact) mass is 336 g/mol. The maximum absolute atomic E-state index is 10.6. The number of rotatable bonds is 4. The molecule has 4 heteroatoms. The van der Waals surface area contributed by atoms with E-state index in [0.717, 1.165) is 14.9 Å². The van der Waals surface area contributed by atoms with Gasteiger partial charge in [-0.15, -0.1) is 0 Å². The van der Waals surface area contributed by atoms with Crippen molar-refractivity contribution in [3.8, 4) is 0 Å². The average Bonchev–Trinajstić information content (AvgIpc) is 2.36. The Morgan fingerprint density at radius 1 is 1.16 bits per heavy atom. The maximum Gasteiger partial charge on any atom is 0.307 e. The van der Waals surface area contributed by atoms with Crippen LogP contribution < -0.4 is 0 Å². The summed E-state index contributed by atoms with van der Waals surface area (Å²) in [5, 5.41) is 8.72. The number of carbonyl (C=O) groups is 1. The molecular weight excluding hydrogens is 324 g/mol. The minimum atomic E-state index is -0.802. The molecule has 1 N–H and O–H groups in total. The molecule has 19 heavy (non-hydrogen) atoms. The van der Waals surface area contributed by atoms with Crippen molar-refractivity contribution in [3.63, 3.8) is 0 Å². The molecule has 0 radical (unpaired) electrons. The van der Waals surface area contributed by atoms with Gasteiger partial charge in [0, 0.05) is 14.3 Å². The predicted molar refractivity (Wildman–Crippen MR) is 80.8 cm³/mol. The van der Waals surface area contributed by atoms with Gasteiger partial charge >= 0.3 is 5.97 Å². The SMILES string of the molecule is Cc1cc(Sc2ccc(CC(=O)O)cc2)ccc1Br. The lowest BCUT2D eigenvalue weighted by Crippen LogP contribution is -1.99. The smallest absolute Gasteiger partial charge is 0.307 e.